The van der Waals surface area contributed by atoms with Crippen LogP contribution in [0.5, 0.6) is 0 Å². The Morgan fingerprint density at radius 2 is 2.11 bits per heavy atom. The van der Waals surface area contributed by atoms with Crippen molar-refractivity contribution < 1.29 is 5.11 Å². The summed E-state index contributed by atoms with van der Waals surface area (Å²) >= 11 is 1.65. The Hall–Kier alpha value is -1.65. The number of aliphatic hydroxyl groups is 1. The Balaban J connectivity index is 1.54. The number of imidazole rings is 1. The van der Waals surface area contributed by atoms with Crippen LogP contribution in [0.3, 0.4) is 0 Å². The van der Waals surface area contributed by atoms with Crippen molar-refractivity contribution in [3.63, 3.8) is 0 Å². The minimum absolute atomic E-state index is 0.370. The molecule has 1 aromatic carbocycles. The average molecular weight is 272 g/mol. The molecule has 1 unspecified atom stereocenters. The SMILES string of the molecule is OC(CCCc1cn2ccsc2n1)c1ccccc1. The molecule has 0 bridgehead atoms. The zero-order chi connectivity index (χ0) is 13.1. The lowest BCUT2D eigenvalue weighted by atomic mass is 10.0. The number of aryl methyl sites for hydroxylation is 1. The molecule has 2 heterocycles. The number of hydrogen-bond acceptors (Lipinski definition) is 3. The van der Waals surface area contributed by atoms with E-state index in [1.165, 1.54) is 0 Å². The van der Waals surface area contributed by atoms with E-state index in [1.807, 2.05) is 46.3 Å². The van der Waals surface area contributed by atoms with E-state index >= 15 is 0 Å². The zero-order valence-electron chi connectivity index (χ0n) is 10.6. The molecule has 0 fully saturated rings. The van der Waals surface area contributed by atoms with Gasteiger partial charge in [0.1, 0.15) is 0 Å². The molecule has 0 aliphatic rings. The summed E-state index contributed by atoms with van der Waals surface area (Å²) in [5.41, 5.74) is 2.10. The van der Waals surface area contributed by atoms with Crippen LogP contribution in [0.2, 0.25) is 0 Å². The van der Waals surface area contributed by atoms with Crippen LogP contribution in [0.25, 0.3) is 4.96 Å². The second-order valence-corrected chi connectivity index (χ2v) is 5.52. The fourth-order valence-corrected chi connectivity index (χ4v) is 2.93. The lowest BCUT2D eigenvalue weighted by molar-refractivity contribution is 0.164. The highest BCUT2D eigenvalue weighted by Crippen LogP contribution is 2.19. The molecule has 0 saturated heterocycles. The van der Waals surface area contributed by atoms with Crippen LogP contribution in [0.15, 0.2) is 48.1 Å². The third-order valence-electron chi connectivity index (χ3n) is 3.24. The molecule has 2 aromatic heterocycles. The predicted octanol–water partition coefficient (Wildman–Crippen LogP) is 3.45. The van der Waals surface area contributed by atoms with Crippen molar-refractivity contribution in [3.05, 3.63) is 59.4 Å². The van der Waals surface area contributed by atoms with Crippen molar-refractivity contribution in [2.24, 2.45) is 0 Å². The van der Waals surface area contributed by atoms with Crippen molar-refractivity contribution in [2.45, 2.75) is 25.4 Å². The monoisotopic (exact) mass is 272 g/mol. The first-order valence-electron chi connectivity index (χ1n) is 6.47. The van der Waals surface area contributed by atoms with Crippen LogP contribution in [0.1, 0.15) is 30.2 Å². The van der Waals surface area contributed by atoms with Crippen LogP contribution in [0, 0.1) is 0 Å². The number of fused-ring (bicyclic) bond motifs is 1. The molecule has 1 N–H and O–H groups in total. The Kier molecular flexibility index (Phi) is 3.62. The van der Waals surface area contributed by atoms with Gasteiger partial charge in [-0.1, -0.05) is 30.3 Å². The standard InChI is InChI=1S/C15H16N2OS/c18-14(12-5-2-1-3-6-12)8-4-7-13-11-17-9-10-19-15(17)16-13/h1-3,5-6,9-11,14,18H,4,7-8H2. The van der Waals surface area contributed by atoms with Crippen molar-refractivity contribution >= 4 is 16.3 Å². The molecule has 3 nitrogen and oxygen atoms in total. The maximum absolute atomic E-state index is 10.1. The molecule has 19 heavy (non-hydrogen) atoms. The van der Waals surface area contributed by atoms with Gasteiger partial charge in [0.15, 0.2) is 4.96 Å². The van der Waals surface area contributed by atoms with Crippen LogP contribution < -0.4 is 0 Å². The Morgan fingerprint density at radius 3 is 2.89 bits per heavy atom. The van der Waals surface area contributed by atoms with Gasteiger partial charge in [0.25, 0.3) is 0 Å². The Labute approximate surface area is 116 Å². The van der Waals surface area contributed by atoms with E-state index in [4.69, 9.17) is 0 Å². The smallest absolute Gasteiger partial charge is 0.193 e. The highest BCUT2D eigenvalue weighted by atomic mass is 32.1. The van der Waals surface area contributed by atoms with E-state index in [2.05, 4.69) is 11.2 Å². The Morgan fingerprint density at radius 1 is 1.26 bits per heavy atom. The normalized spacial score (nSPS) is 12.9. The molecular weight excluding hydrogens is 256 g/mol. The zero-order valence-corrected chi connectivity index (χ0v) is 11.4. The Bertz CT molecular complexity index is 616. The molecule has 0 spiro atoms. The summed E-state index contributed by atoms with van der Waals surface area (Å²) in [5, 5.41) is 12.1. The van der Waals surface area contributed by atoms with Gasteiger partial charge in [0.2, 0.25) is 0 Å². The van der Waals surface area contributed by atoms with Crippen LogP contribution in [-0.2, 0) is 6.42 Å². The molecule has 3 rings (SSSR count). The van der Waals surface area contributed by atoms with Gasteiger partial charge in [-0.2, -0.15) is 0 Å². The second kappa shape index (κ2) is 5.55. The van der Waals surface area contributed by atoms with Crippen molar-refractivity contribution in [1.82, 2.24) is 9.38 Å². The van der Waals surface area contributed by atoms with E-state index < -0.39 is 0 Å². The number of hydrogen-bond donors (Lipinski definition) is 1. The third kappa shape index (κ3) is 2.85. The summed E-state index contributed by atoms with van der Waals surface area (Å²) in [7, 11) is 0. The van der Waals surface area contributed by atoms with E-state index in [0.717, 1.165) is 35.5 Å². The summed E-state index contributed by atoms with van der Waals surface area (Å²) in [4.78, 5) is 5.58. The number of aliphatic hydroxyl groups excluding tert-OH is 1. The summed E-state index contributed by atoms with van der Waals surface area (Å²) in [6, 6.07) is 9.83. The lowest BCUT2D eigenvalue weighted by Gasteiger charge is -2.09. The van der Waals surface area contributed by atoms with Crippen LogP contribution in [0.4, 0.5) is 0 Å². The molecule has 0 aliphatic heterocycles. The minimum atomic E-state index is -0.370. The van der Waals surface area contributed by atoms with Crippen molar-refractivity contribution in [3.8, 4) is 0 Å². The van der Waals surface area contributed by atoms with Crippen molar-refractivity contribution in [2.75, 3.05) is 0 Å². The molecule has 98 valence electrons. The quantitative estimate of drug-likeness (QED) is 0.772. The molecule has 3 aromatic rings. The molecule has 4 heteroatoms. The summed E-state index contributed by atoms with van der Waals surface area (Å²) < 4.78 is 2.05. The maximum atomic E-state index is 10.1. The van der Waals surface area contributed by atoms with Gasteiger partial charge in [-0.3, -0.25) is 4.40 Å². The first-order chi connectivity index (χ1) is 9.33. The molecule has 1 atom stereocenters. The maximum Gasteiger partial charge on any atom is 0.193 e. The van der Waals surface area contributed by atoms with Gasteiger partial charge < -0.3 is 5.11 Å². The van der Waals surface area contributed by atoms with Gasteiger partial charge in [0, 0.05) is 17.8 Å². The summed E-state index contributed by atoms with van der Waals surface area (Å²) in [6.07, 6.45) is 6.36. The molecule has 0 radical (unpaired) electrons. The first kappa shape index (κ1) is 12.4. The van der Waals surface area contributed by atoms with Gasteiger partial charge in [-0.05, 0) is 24.8 Å². The predicted molar refractivity (Wildman–Crippen MR) is 77.4 cm³/mol. The van der Waals surface area contributed by atoms with Crippen LogP contribution in [-0.4, -0.2) is 14.5 Å². The van der Waals surface area contributed by atoms with E-state index in [9.17, 15) is 5.11 Å². The van der Waals surface area contributed by atoms with Gasteiger partial charge in [0.05, 0.1) is 11.8 Å². The third-order valence-corrected chi connectivity index (χ3v) is 4.01. The number of thiazole rings is 1. The minimum Gasteiger partial charge on any atom is -0.388 e. The van der Waals surface area contributed by atoms with E-state index in [0.29, 0.717) is 0 Å². The van der Waals surface area contributed by atoms with Crippen molar-refractivity contribution in [1.29, 1.82) is 0 Å². The average Bonchev–Trinajstić information content (AvgIpc) is 3.00. The van der Waals surface area contributed by atoms with Crippen LogP contribution >= 0.6 is 11.3 Å². The lowest BCUT2D eigenvalue weighted by Crippen LogP contribution is -1.98. The van der Waals surface area contributed by atoms with E-state index in [1.54, 1.807) is 11.3 Å². The fraction of sp³-hybridized carbons (Fsp3) is 0.267. The fourth-order valence-electron chi connectivity index (χ4n) is 2.21. The number of nitrogens with zero attached hydrogens (tertiary/aromatic N) is 2. The number of aromatic nitrogens is 2. The highest BCUT2D eigenvalue weighted by Gasteiger charge is 2.08. The summed E-state index contributed by atoms with van der Waals surface area (Å²) in [5.74, 6) is 0. The highest BCUT2D eigenvalue weighted by molar-refractivity contribution is 7.15. The number of rotatable bonds is 5. The number of benzene rings is 1. The first-order valence-corrected chi connectivity index (χ1v) is 7.35. The van der Waals surface area contributed by atoms with Gasteiger partial charge >= 0.3 is 0 Å². The molecule has 0 amide bonds. The molecule has 0 saturated carbocycles. The molecular formula is C15H16N2OS. The topological polar surface area (TPSA) is 37.5 Å². The van der Waals surface area contributed by atoms with Gasteiger partial charge in [-0.25, -0.2) is 4.98 Å². The largest absolute Gasteiger partial charge is 0.388 e. The van der Waals surface area contributed by atoms with E-state index in [-0.39, 0.29) is 6.10 Å². The second-order valence-electron chi connectivity index (χ2n) is 4.64. The molecule has 0 aliphatic carbocycles. The summed E-state index contributed by atoms with van der Waals surface area (Å²) in [6.45, 7) is 0. The van der Waals surface area contributed by atoms with Gasteiger partial charge in [-0.15, -0.1) is 11.3 Å².